The Bertz CT molecular complexity index is 726. The zero-order valence-electron chi connectivity index (χ0n) is 13.0. The molecule has 1 aliphatic rings. The Morgan fingerprint density at radius 1 is 1.29 bits per heavy atom. The van der Waals surface area contributed by atoms with Gasteiger partial charge in [0.1, 0.15) is 11.6 Å². The van der Waals surface area contributed by atoms with E-state index in [1.54, 1.807) is 17.0 Å². The number of rotatable bonds is 4. The molecule has 1 aliphatic heterocycles. The zero-order valence-corrected chi connectivity index (χ0v) is 13.8. The van der Waals surface area contributed by atoms with Gasteiger partial charge in [-0.15, -0.1) is 0 Å². The molecule has 1 amide bonds. The van der Waals surface area contributed by atoms with Crippen molar-refractivity contribution in [3.63, 3.8) is 0 Å². The second-order valence-electron chi connectivity index (χ2n) is 5.57. The predicted molar refractivity (Wildman–Crippen MR) is 90.7 cm³/mol. The highest BCUT2D eigenvalue weighted by Gasteiger charge is 2.29. The van der Waals surface area contributed by atoms with Crippen molar-refractivity contribution in [2.24, 2.45) is 0 Å². The topological polar surface area (TPSA) is 41.6 Å². The molecule has 6 heteroatoms. The third-order valence-electron chi connectivity index (χ3n) is 3.99. The van der Waals surface area contributed by atoms with Gasteiger partial charge in [-0.3, -0.25) is 4.79 Å². The van der Waals surface area contributed by atoms with Gasteiger partial charge in [0.15, 0.2) is 6.61 Å². The molecule has 126 valence electrons. The number of ether oxygens (including phenoxy) is 1. The Balaban J connectivity index is 1.71. The lowest BCUT2D eigenvalue weighted by Crippen LogP contribution is -2.50. The average molecular weight is 349 g/mol. The normalized spacial score (nSPS) is 17.6. The first-order valence-electron chi connectivity index (χ1n) is 7.78. The summed E-state index contributed by atoms with van der Waals surface area (Å²) in [5.74, 6) is -0.200. The smallest absolute Gasteiger partial charge is 0.261 e. The third kappa shape index (κ3) is 3.86. The molecule has 0 bridgehead atoms. The predicted octanol–water partition coefficient (Wildman–Crippen LogP) is 3.03. The van der Waals surface area contributed by atoms with E-state index < -0.39 is 5.82 Å². The van der Waals surface area contributed by atoms with E-state index in [0.717, 1.165) is 5.56 Å². The molecular formula is C18H18ClFN2O2. The van der Waals surface area contributed by atoms with Crippen LogP contribution in [0.1, 0.15) is 11.6 Å². The number of hydrogen-bond acceptors (Lipinski definition) is 3. The molecule has 4 nitrogen and oxygen atoms in total. The van der Waals surface area contributed by atoms with Crippen LogP contribution in [0, 0.1) is 5.82 Å². The van der Waals surface area contributed by atoms with Crippen LogP contribution in [0.15, 0.2) is 48.5 Å². The molecule has 0 saturated carbocycles. The fourth-order valence-corrected chi connectivity index (χ4v) is 3.07. The number of carbonyl (C=O) groups is 1. The Morgan fingerprint density at radius 2 is 2.12 bits per heavy atom. The number of piperazine rings is 1. The molecule has 2 aromatic carbocycles. The summed E-state index contributed by atoms with van der Waals surface area (Å²) < 4.78 is 18.6. The molecule has 0 aliphatic carbocycles. The van der Waals surface area contributed by atoms with Crippen LogP contribution >= 0.6 is 11.6 Å². The zero-order chi connectivity index (χ0) is 16.9. The maximum absolute atomic E-state index is 13.2. The first-order valence-corrected chi connectivity index (χ1v) is 8.16. The highest BCUT2D eigenvalue weighted by molar-refractivity contribution is 6.31. The van der Waals surface area contributed by atoms with Crippen LogP contribution in [0.2, 0.25) is 5.02 Å². The highest BCUT2D eigenvalue weighted by atomic mass is 35.5. The van der Waals surface area contributed by atoms with Crippen LogP contribution in [-0.2, 0) is 4.79 Å². The van der Waals surface area contributed by atoms with Gasteiger partial charge in [-0.25, -0.2) is 4.39 Å². The average Bonchev–Trinajstić information content (AvgIpc) is 2.60. The highest BCUT2D eigenvalue weighted by Crippen LogP contribution is 2.28. The van der Waals surface area contributed by atoms with Crippen molar-refractivity contribution in [2.45, 2.75) is 6.04 Å². The van der Waals surface area contributed by atoms with Gasteiger partial charge in [0.25, 0.3) is 5.91 Å². The van der Waals surface area contributed by atoms with Crippen molar-refractivity contribution in [2.75, 3.05) is 26.2 Å². The minimum atomic E-state index is -0.393. The summed E-state index contributed by atoms with van der Waals surface area (Å²) in [4.78, 5) is 14.3. The Hall–Kier alpha value is -2.11. The van der Waals surface area contributed by atoms with E-state index in [1.807, 2.05) is 24.3 Å². The lowest BCUT2D eigenvalue weighted by atomic mass is 10.0. The fourth-order valence-electron chi connectivity index (χ4n) is 2.81. The molecule has 1 heterocycles. The summed E-state index contributed by atoms with van der Waals surface area (Å²) in [6.07, 6.45) is 0. The van der Waals surface area contributed by atoms with E-state index in [2.05, 4.69) is 5.32 Å². The van der Waals surface area contributed by atoms with E-state index in [9.17, 15) is 9.18 Å². The minimum absolute atomic E-state index is 0.135. The molecule has 3 rings (SSSR count). The van der Waals surface area contributed by atoms with Crippen molar-refractivity contribution in [3.05, 3.63) is 64.9 Å². The second-order valence-corrected chi connectivity index (χ2v) is 5.98. The van der Waals surface area contributed by atoms with Crippen LogP contribution in [0.25, 0.3) is 0 Å². The lowest BCUT2D eigenvalue weighted by Gasteiger charge is -2.36. The summed E-state index contributed by atoms with van der Waals surface area (Å²) in [5, 5.41) is 3.92. The molecule has 0 radical (unpaired) electrons. The van der Waals surface area contributed by atoms with Crippen LogP contribution in [0.5, 0.6) is 5.75 Å². The van der Waals surface area contributed by atoms with E-state index in [-0.39, 0.29) is 18.6 Å². The Kier molecular flexibility index (Phi) is 5.33. The largest absolute Gasteiger partial charge is 0.484 e. The SMILES string of the molecule is O=C(COc1cccc(F)c1)N1CCNCC1c1ccccc1Cl. The summed E-state index contributed by atoms with van der Waals surface area (Å²) in [7, 11) is 0. The summed E-state index contributed by atoms with van der Waals surface area (Å²) in [6, 6.07) is 13.1. The van der Waals surface area contributed by atoms with Crippen molar-refractivity contribution < 1.29 is 13.9 Å². The number of carbonyl (C=O) groups excluding carboxylic acids is 1. The monoisotopic (exact) mass is 348 g/mol. The van der Waals surface area contributed by atoms with Crippen molar-refractivity contribution >= 4 is 17.5 Å². The van der Waals surface area contributed by atoms with Gasteiger partial charge in [-0.1, -0.05) is 35.9 Å². The number of amides is 1. The van der Waals surface area contributed by atoms with Gasteiger partial charge in [0.05, 0.1) is 6.04 Å². The minimum Gasteiger partial charge on any atom is -0.484 e. The van der Waals surface area contributed by atoms with Crippen LogP contribution in [0.4, 0.5) is 4.39 Å². The number of nitrogens with zero attached hydrogens (tertiary/aromatic N) is 1. The number of benzene rings is 2. The Morgan fingerprint density at radius 3 is 2.92 bits per heavy atom. The molecular weight excluding hydrogens is 331 g/mol. The van der Waals surface area contributed by atoms with Crippen LogP contribution in [-0.4, -0.2) is 37.0 Å². The maximum atomic E-state index is 13.2. The van der Waals surface area contributed by atoms with E-state index in [0.29, 0.717) is 30.4 Å². The van der Waals surface area contributed by atoms with Crippen molar-refractivity contribution in [1.82, 2.24) is 10.2 Å². The maximum Gasteiger partial charge on any atom is 0.261 e. The molecule has 1 fully saturated rings. The van der Waals surface area contributed by atoms with Crippen molar-refractivity contribution in [3.8, 4) is 5.75 Å². The number of nitrogens with one attached hydrogen (secondary N) is 1. The van der Waals surface area contributed by atoms with E-state index in [4.69, 9.17) is 16.3 Å². The van der Waals surface area contributed by atoms with Gasteiger partial charge in [0.2, 0.25) is 0 Å². The first-order chi connectivity index (χ1) is 11.6. The molecule has 1 atom stereocenters. The summed E-state index contributed by atoms with van der Waals surface area (Å²) in [5.41, 5.74) is 0.908. The third-order valence-corrected chi connectivity index (χ3v) is 4.33. The molecule has 2 aromatic rings. The molecule has 24 heavy (non-hydrogen) atoms. The van der Waals surface area contributed by atoms with Gasteiger partial charge < -0.3 is 15.0 Å². The molecule has 1 unspecified atom stereocenters. The standard InChI is InChI=1S/C18H18ClFN2O2/c19-16-7-2-1-6-15(16)17-11-21-8-9-22(17)18(23)12-24-14-5-3-4-13(20)10-14/h1-7,10,17,21H,8-9,11-12H2. The van der Waals surface area contributed by atoms with Gasteiger partial charge in [-0.2, -0.15) is 0 Å². The Labute approximate surface area is 145 Å². The summed E-state index contributed by atoms with van der Waals surface area (Å²) in [6.45, 7) is 1.79. The van der Waals surface area contributed by atoms with Crippen molar-refractivity contribution in [1.29, 1.82) is 0 Å². The summed E-state index contributed by atoms with van der Waals surface area (Å²) >= 11 is 6.28. The number of halogens is 2. The quantitative estimate of drug-likeness (QED) is 0.923. The van der Waals surface area contributed by atoms with E-state index >= 15 is 0 Å². The van der Waals surface area contributed by atoms with Gasteiger partial charge in [-0.05, 0) is 23.8 Å². The lowest BCUT2D eigenvalue weighted by molar-refractivity contribution is -0.136. The van der Waals surface area contributed by atoms with Crippen LogP contribution in [0.3, 0.4) is 0 Å². The first kappa shape index (κ1) is 16.7. The van der Waals surface area contributed by atoms with Gasteiger partial charge in [0, 0.05) is 30.7 Å². The molecule has 0 spiro atoms. The van der Waals surface area contributed by atoms with Crippen LogP contribution < -0.4 is 10.1 Å². The number of hydrogen-bond donors (Lipinski definition) is 1. The molecule has 1 N–H and O–H groups in total. The second kappa shape index (κ2) is 7.64. The molecule has 0 aromatic heterocycles. The molecule has 1 saturated heterocycles. The fraction of sp³-hybridized carbons (Fsp3) is 0.278. The van der Waals surface area contributed by atoms with E-state index in [1.165, 1.54) is 12.1 Å². The van der Waals surface area contributed by atoms with Gasteiger partial charge >= 0.3 is 0 Å².